The highest BCUT2D eigenvalue weighted by atomic mass is 127. The normalized spacial score (nSPS) is 16.2. The van der Waals surface area contributed by atoms with Gasteiger partial charge in [-0.05, 0) is 50.5 Å². The summed E-state index contributed by atoms with van der Waals surface area (Å²) < 4.78 is 5.42. The summed E-state index contributed by atoms with van der Waals surface area (Å²) in [6, 6.07) is 9.30. The maximum atomic E-state index is 5.42. The molecule has 1 aromatic carbocycles. The Hall–Kier alpha value is -0.900. The minimum absolute atomic E-state index is 0. The molecule has 2 N–H and O–H groups in total. The lowest BCUT2D eigenvalue weighted by atomic mass is 10.1. The summed E-state index contributed by atoms with van der Waals surface area (Å²) in [5.74, 6) is 0.873. The topological polar surface area (TPSA) is 52.1 Å². The molecule has 1 saturated heterocycles. The fraction of sp³-hybridized carbons (Fsp3) is 0.696. The third-order valence-electron chi connectivity index (χ3n) is 5.61. The van der Waals surface area contributed by atoms with Crippen LogP contribution >= 0.6 is 24.0 Å². The number of ether oxygens (including phenoxy) is 1. The van der Waals surface area contributed by atoms with Crippen LogP contribution in [0, 0.1) is 0 Å². The van der Waals surface area contributed by atoms with Crippen molar-refractivity contribution < 1.29 is 4.74 Å². The Balaban J connectivity index is 0.00000450. The summed E-state index contributed by atoms with van der Waals surface area (Å²) in [4.78, 5) is 9.30. The van der Waals surface area contributed by atoms with Crippen molar-refractivity contribution in [3.63, 3.8) is 0 Å². The summed E-state index contributed by atoms with van der Waals surface area (Å²) in [6.07, 6.45) is 2.35. The largest absolute Gasteiger partial charge is 0.379 e. The van der Waals surface area contributed by atoms with E-state index in [0.29, 0.717) is 6.04 Å². The molecule has 172 valence electrons. The van der Waals surface area contributed by atoms with Crippen LogP contribution in [0.1, 0.15) is 44.7 Å². The first kappa shape index (κ1) is 27.1. The minimum atomic E-state index is 0. The first-order chi connectivity index (χ1) is 14.1. The van der Waals surface area contributed by atoms with Gasteiger partial charge in [0, 0.05) is 39.3 Å². The van der Waals surface area contributed by atoms with Crippen molar-refractivity contribution in [1.29, 1.82) is 0 Å². The van der Waals surface area contributed by atoms with Gasteiger partial charge in [0.05, 0.1) is 13.2 Å². The summed E-state index contributed by atoms with van der Waals surface area (Å²) in [5, 5.41) is 6.95. The summed E-state index contributed by atoms with van der Waals surface area (Å²) in [6.45, 7) is 15.7. The van der Waals surface area contributed by atoms with Crippen molar-refractivity contribution >= 4 is 29.9 Å². The van der Waals surface area contributed by atoms with Gasteiger partial charge in [0.2, 0.25) is 0 Å². The molecule has 0 spiro atoms. The molecule has 0 aliphatic carbocycles. The fourth-order valence-corrected chi connectivity index (χ4v) is 3.63. The van der Waals surface area contributed by atoms with E-state index >= 15 is 0 Å². The Labute approximate surface area is 200 Å². The molecule has 0 saturated carbocycles. The molecule has 1 aliphatic rings. The molecule has 1 atom stereocenters. The van der Waals surface area contributed by atoms with E-state index in [9.17, 15) is 0 Å². The van der Waals surface area contributed by atoms with Crippen LogP contribution in [0.25, 0.3) is 0 Å². The number of hydrogen-bond acceptors (Lipinski definition) is 4. The van der Waals surface area contributed by atoms with Crippen LogP contribution in [0.4, 0.5) is 0 Å². The van der Waals surface area contributed by atoms with Crippen LogP contribution in [-0.4, -0.2) is 74.8 Å². The monoisotopic (exact) mass is 531 g/mol. The van der Waals surface area contributed by atoms with E-state index in [-0.39, 0.29) is 24.0 Å². The Morgan fingerprint density at radius 1 is 1.13 bits per heavy atom. The molecule has 2 rings (SSSR count). The van der Waals surface area contributed by atoms with Crippen LogP contribution in [0.2, 0.25) is 0 Å². The molecule has 1 fully saturated rings. The quantitative estimate of drug-likeness (QED) is 0.261. The van der Waals surface area contributed by atoms with Gasteiger partial charge in [-0.25, -0.2) is 0 Å². The molecule has 30 heavy (non-hydrogen) atoms. The Morgan fingerprint density at radius 2 is 1.77 bits per heavy atom. The van der Waals surface area contributed by atoms with Crippen LogP contribution < -0.4 is 10.6 Å². The minimum Gasteiger partial charge on any atom is -0.379 e. The van der Waals surface area contributed by atoms with Crippen LogP contribution in [0.15, 0.2) is 29.3 Å². The Morgan fingerprint density at radius 3 is 2.37 bits per heavy atom. The Bertz CT molecular complexity index is 586. The first-order valence-corrected chi connectivity index (χ1v) is 11.2. The molecular formula is C23H42IN5O. The predicted molar refractivity (Wildman–Crippen MR) is 138 cm³/mol. The molecule has 1 heterocycles. The number of morpholine rings is 1. The van der Waals surface area contributed by atoms with Crippen molar-refractivity contribution in [3.8, 4) is 0 Å². The number of rotatable bonds is 11. The van der Waals surface area contributed by atoms with Crippen LogP contribution in [-0.2, 0) is 17.8 Å². The van der Waals surface area contributed by atoms with Gasteiger partial charge in [-0.15, -0.1) is 24.0 Å². The highest BCUT2D eigenvalue weighted by molar-refractivity contribution is 14.0. The van der Waals surface area contributed by atoms with Crippen LogP contribution in [0.5, 0.6) is 0 Å². The second kappa shape index (κ2) is 15.8. The fourth-order valence-electron chi connectivity index (χ4n) is 3.63. The van der Waals surface area contributed by atoms with Gasteiger partial charge in [-0.3, -0.25) is 9.89 Å². The average Bonchev–Trinajstić information content (AvgIpc) is 2.76. The second-order valence-corrected chi connectivity index (χ2v) is 7.85. The molecular weight excluding hydrogens is 489 g/mol. The van der Waals surface area contributed by atoms with E-state index in [1.54, 1.807) is 0 Å². The van der Waals surface area contributed by atoms with Gasteiger partial charge < -0.3 is 20.3 Å². The molecule has 1 unspecified atom stereocenters. The zero-order valence-electron chi connectivity index (χ0n) is 19.3. The third kappa shape index (κ3) is 10.4. The zero-order chi connectivity index (χ0) is 20.9. The number of guanidine groups is 1. The zero-order valence-corrected chi connectivity index (χ0v) is 21.7. The number of benzene rings is 1. The lowest BCUT2D eigenvalue weighted by Crippen LogP contribution is -2.42. The van der Waals surface area contributed by atoms with Crippen molar-refractivity contribution in [2.24, 2.45) is 4.99 Å². The standard InChI is InChI=1S/C23H41N5O.HI/c1-5-27(6-2)13-7-8-20(3)26-23(24-4)25-18-21-9-11-22(12-10-21)19-28-14-16-29-17-15-28;/h9-12,20H,5-8,13-19H2,1-4H3,(H2,24,25,26);1H. The third-order valence-corrected chi connectivity index (χ3v) is 5.61. The van der Waals surface area contributed by atoms with Crippen molar-refractivity contribution in [1.82, 2.24) is 20.4 Å². The molecule has 0 radical (unpaired) electrons. The lowest BCUT2D eigenvalue weighted by Gasteiger charge is -2.26. The second-order valence-electron chi connectivity index (χ2n) is 7.85. The van der Waals surface area contributed by atoms with E-state index in [0.717, 1.165) is 64.9 Å². The molecule has 1 aliphatic heterocycles. The number of aliphatic imine (C=N–C) groups is 1. The smallest absolute Gasteiger partial charge is 0.191 e. The Kier molecular flexibility index (Phi) is 14.3. The van der Waals surface area contributed by atoms with Crippen molar-refractivity contribution in [2.75, 3.05) is 53.0 Å². The van der Waals surface area contributed by atoms with E-state index in [1.807, 2.05) is 7.05 Å². The molecule has 0 aromatic heterocycles. The van der Waals surface area contributed by atoms with Gasteiger partial charge in [0.25, 0.3) is 0 Å². The number of nitrogens with zero attached hydrogens (tertiary/aromatic N) is 3. The number of hydrogen-bond donors (Lipinski definition) is 2. The van der Waals surface area contributed by atoms with Gasteiger partial charge in [0.15, 0.2) is 5.96 Å². The maximum Gasteiger partial charge on any atom is 0.191 e. The van der Waals surface area contributed by atoms with E-state index in [4.69, 9.17) is 4.74 Å². The predicted octanol–water partition coefficient (Wildman–Crippen LogP) is 3.31. The number of halogens is 1. The van der Waals surface area contributed by atoms with Crippen LogP contribution in [0.3, 0.4) is 0 Å². The molecule has 1 aromatic rings. The summed E-state index contributed by atoms with van der Waals surface area (Å²) in [5.41, 5.74) is 2.63. The molecule has 7 heteroatoms. The maximum absolute atomic E-state index is 5.42. The average molecular weight is 532 g/mol. The highest BCUT2D eigenvalue weighted by Gasteiger charge is 2.11. The SMILES string of the molecule is CCN(CC)CCCC(C)NC(=NC)NCc1ccc(CN2CCOCC2)cc1.I. The number of nitrogens with one attached hydrogen (secondary N) is 2. The lowest BCUT2D eigenvalue weighted by molar-refractivity contribution is 0.0342. The van der Waals surface area contributed by atoms with E-state index < -0.39 is 0 Å². The van der Waals surface area contributed by atoms with Gasteiger partial charge >= 0.3 is 0 Å². The van der Waals surface area contributed by atoms with Gasteiger partial charge in [0.1, 0.15) is 0 Å². The summed E-state index contributed by atoms with van der Waals surface area (Å²) >= 11 is 0. The van der Waals surface area contributed by atoms with Crippen molar-refractivity contribution in [3.05, 3.63) is 35.4 Å². The van der Waals surface area contributed by atoms with Gasteiger partial charge in [-0.2, -0.15) is 0 Å². The first-order valence-electron chi connectivity index (χ1n) is 11.2. The molecule has 0 bridgehead atoms. The highest BCUT2D eigenvalue weighted by Crippen LogP contribution is 2.09. The van der Waals surface area contributed by atoms with Gasteiger partial charge in [-0.1, -0.05) is 38.1 Å². The molecule has 0 amide bonds. The van der Waals surface area contributed by atoms with E-state index in [1.165, 1.54) is 24.1 Å². The van der Waals surface area contributed by atoms with E-state index in [2.05, 4.69) is 70.5 Å². The molecule has 6 nitrogen and oxygen atoms in total. The van der Waals surface area contributed by atoms with Crippen molar-refractivity contribution in [2.45, 2.75) is 52.7 Å². The summed E-state index contributed by atoms with van der Waals surface area (Å²) in [7, 11) is 1.84.